The highest BCUT2D eigenvalue weighted by molar-refractivity contribution is 5.91. The van der Waals surface area contributed by atoms with E-state index in [4.69, 9.17) is 5.73 Å². The average molecular weight is 224 g/mol. The van der Waals surface area contributed by atoms with E-state index in [2.05, 4.69) is 15.5 Å². The van der Waals surface area contributed by atoms with Crippen LogP contribution in [0, 0.1) is 5.92 Å². The molecule has 1 amide bonds. The van der Waals surface area contributed by atoms with Crippen molar-refractivity contribution in [2.45, 2.75) is 13.3 Å². The summed E-state index contributed by atoms with van der Waals surface area (Å²) in [7, 11) is 0. The second-order valence-electron chi connectivity index (χ2n) is 3.70. The zero-order valence-electron chi connectivity index (χ0n) is 9.19. The van der Waals surface area contributed by atoms with Crippen LogP contribution in [-0.4, -0.2) is 29.2 Å². The molecule has 6 nitrogen and oxygen atoms in total. The van der Waals surface area contributed by atoms with Gasteiger partial charge in [0.05, 0.1) is 0 Å². The van der Waals surface area contributed by atoms with Crippen molar-refractivity contribution in [3.63, 3.8) is 0 Å². The molecule has 0 aromatic carbocycles. The van der Waals surface area contributed by atoms with Crippen molar-refractivity contribution in [3.8, 4) is 0 Å². The lowest BCUT2D eigenvalue weighted by atomic mass is 10.1. The largest absolute Gasteiger partial charge is 0.350 e. The van der Waals surface area contributed by atoms with Gasteiger partial charge in [-0.2, -0.15) is 5.10 Å². The number of hydrogen-bond acceptors (Lipinski definition) is 4. The van der Waals surface area contributed by atoms with E-state index < -0.39 is 0 Å². The fourth-order valence-corrected chi connectivity index (χ4v) is 1.22. The third-order valence-electron chi connectivity index (χ3n) is 2.18. The van der Waals surface area contributed by atoms with Crippen molar-refractivity contribution in [1.29, 1.82) is 0 Å². The third kappa shape index (κ3) is 3.82. The van der Waals surface area contributed by atoms with E-state index >= 15 is 0 Å². The number of nitrogens with zero attached hydrogens (tertiary/aromatic N) is 1. The van der Waals surface area contributed by atoms with Crippen LogP contribution in [-0.2, 0) is 0 Å². The first-order valence-corrected chi connectivity index (χ1v) is 5.17. The van der Waals surface area contributed by atoms with Gasteiger partial charge in [0.15, 0.2) is 0 Å². The van der Waals surface area contributed by atoms with Crippen LogP contribution in [0.15, 0.2) is 16.9 Å². The van der Waals surface area contributed by atoms with Gasteiger partial charge in [-0.25, -0.2) is 5.10 Å². The summed E-state index contributed by atoms with van der Waals surface area (Å²) in [6.45, 7) is 3.16. The Bertz CT molecular complexity index is 382. The lowest BCUT2D eigenvalue weighted by Crippen LogP contribution is -2.30. The molecular weight excluding hydrogens is 208 g/mol. The number of H-pyrrole nitrogens is 1. The molecule has 0 radical (unpaired) electrons. The van der Waals surface area contributed by atoms with Crippen LogP contribution in [0.5, 0.6) is 0 Å². The molecule has 0 aliphatic rings. The van der Waals surface area contributed by atoms with E-state index in [0.717, 1.165) is 6.42 Å². The first-order chi connectivity index (χ1) is 7.63. The third-order valence-corrected chi connectivity index (χ3v) is 2.18. The maximum absolute atomic E-state index is 11.5. The number of carbonyl (C=O) groups is 1. The number of aromatic nitrogens is 2. The Morgan fingerprint density at radius 1 is 1.62 bits per heavy atom. The highest BCUT2D eigenvalue weighted by atomic mass is 16.2. The van der Waals surface area contributed by atoms with Crippen molar-refractivity contribution in [1.82, 2.24) is 15.5 Å². The molecule has 1 heterocycles. The summed E-state index contributed by atoms with van der Waals surface area (Å²) in [5, 5.41) is 8.56. The van der Waals surface area contributed by atoms with Gasteiger partial charge < -0.3 is 11.1 Å². The van der Waals surface area contributed by atoms with Gasteiger partial charge in [-0.15, -0.1) is 0 Å². The molecule has 0 aliphatic heterocycles. The Hall–Kier alpha value is -1.69. The summed E-state index contributed by atoms with van der Waals surface area (Å²) in [5.41, 5.74) is 5.28. The zero-order chi connectivity index (χ0) is 12.0. The minimum absolute atomic E-state index is 0.208. The highest BCUT2D eigenvalue weighted by Gasteiger charge is 2.08. The minimum atomic E-state index is -0.326. The van der Waals surface area contributed by atoms with E-state index in [0.29, 0.717) is 19.0 Å². The second kappa shape index (κ2) is 6.02. The fraction of sp³-hybridized carbons (Fsp3) is 0.500. The summed E-state index contributed by atoms with van der Waals surface area (Å²) in [5.74, 6) is 0.0387. The highest BCUT2D eigenvalue weighted by Crippen LogP contribution is 1.98. The first kappa shape index (κ1) is 12.4. The molecule has 1 unspecified atom stereocenters. The molecule has 0 saturated heterocycles. The topological polar surface area (TPSA) is 101 Å². The van der Waals surface area contributed by atoms with E-state index in [1.165, 1.54) is 12.1 Å². The monoisotopic (exact) mass is 224 g/mol. The van der Waals surface area contributed by atoms with E-state index in [-0.39, 0.29) is 17.2 Å². The summed E-state index contributed by atoms with van der Waals surface area (Å²) < 4.78 is 0. The smallest absolute Gasteiger partial charge is 0.271 e. The Balaban J connectivity index is 2.46. The Morgan fingerprint density at radius 3 is 2.94 bits per heavy atom. The molecule has 0 bridgehead atoms. The number of nitrogens with two attached hydrogens (primary N) is 1. The molecule has 0 fully saturated rings. The molecule has 6 heteroatoms. The molecule has 1 aromatic rings. The molecule has 1 atom stereocenters. The summed E-state index contributed by atoms with van der Waals surface area (Å²) in [6, 6.07) is 2.66. The molecule has 0 aliphatic carbocycles. The number of nitrogens with one attached hydrogen (secondary N) is 2. The lowest BCUT2D eigenvalue weighted by Gasteiger charge is -2.10. The lowest BCUT2D eigenvalue weighted by molar-refractivity contribution is 0.0941. The standard InChI is InChI=1S/C10H16N4O2/c1-7(4-5-11)6-12-10(16)8-2-3-9(15)14-13-8/h2-3,7H,4-6,11H2,1H3,(H,12,16)(H,14,15). The van der Waals surface area contributed by atoms with Gasteiger partial charge in [-0.3, -0.25) is 9.59 Å². The van der Waals surface area contributed by atoms with E-state index in [1.54, 1.807) is 0 Å². The van der Waals surface area contributed by atoms with Gasteiger partial charge in [-0.05, 0) is 24.9 Å². The van der Waals surface area contributed by atoms with Crippen LogP contribution in [0.3, 0.4) is 0 Å². The molecule has 16 heavy (non-hydrogen) atoms. The Morgan fingerprint density at radius 2 is 2.38 bits per heavy atom. The number of aromatic amines is 1. The molecule has 1 aromatic heterocycles. The van der Waals surface area contributed by atoms with E-state index in [1.807, 2.05) is 6.92 Å². The van der Waals surface area contributed by atoms with Crippen LogP contribution < -0.4 is 16.6 Å². The van der Waals surface area contributed by atoms with Gasteiger partial charge >= 0.3 is 0 Å². The minimum Gasteiger partial charge on any atom is -0.350 e. The van der Waals surface area contributed by atoms with Crippen LogP contribution in [0.2, 0.25) is 0 Å². The molecule has 4 N–H and O–H groups in total. The van der Waals surface area contributed by atoms with Crippen LogP contribution in [0.4, 0.5) is 0 Å². The number of hydrogen-bond donors (Lipinski definition) is 3. The number of carbonyl (C=O) groups excluding carboxylic acids is 1. The number of rotatable bonds is 5. The predicted octanol–water partition coefficient (Wildman–Crippen LogP) is -0.515. The normalized spacial score (nSPS) is 12.1. The quantitative estimate of drug-likeness (QED) is 0.626. The van der Waals surface area contributed by atoms with Crippen molar-refractivity contribution < 1.29 is 4.79 Å². The van der Waals surface area contributed by atoms with Gasteiger partial charge in [0.1, 0.15) is 5.69 Å². The first-order valence-electron chi connectivity index (χ1n) is 5.17. The number of amides is 1. The van der Waals surface area contributed by atoms with Crippen molar-refractivity contribution >= 4 is 5.91 Å². The Labute approximate surface area is 93.2 Å². The predicted molar refractivity (Wildman–Crippen MR) is 60.0 cm³/mol. The molecule has 1 rings (SSSR count). The van der Waals surface area contributed by atoms with Crippen LogP contribution in [0.25, 0.3) is 0 Å². The average Bonchev–Trinajstić information content (AvgIpc) is 2.27. The van der Waals surface area contributed by atoms with Gasteiger partial charge in [0.25, 0.3) is 11.5 Å². The maximum Gasteiger partial charge on any atom is 0.271 e. The van der Waals surface area contributed by atoms with Gasteiger partial charge in [0.2, 0.25) is 0 Å². The van der Waals surface area contributed by atoms with Crippen molar-refractivity contribution in [2.24, 2.45) is 11.7 Å². The maximum atomic E-state index is 11.5. The van der Waals surface area contributed by atoms with Crippen LogP contribution in [0.1, 0.15) is 23.8 Å². The van der Waals surface area contributed by atoms with Gasteiger partial charge in [0, 0.05) is 12.6 Å². The Kier molecular flexibility index (Phi) is 4.65. The molecular formula is C10H16N4O2. The van der Waals surface area contributed by atoms with Gasteiger partial charge in [-0.1, -0.05) is 6.92 Å². The molecule has 88 valence electrons. The van der Waals surface area contributed by atoms with E-state index in [9.17, 15) is 9.59 Å². The van der Waals surface area contributed by atoms with Crippen molar-refractivity contribution in [2.75, 3.05) is 13.1 Å². The summed E-state index contributed by atoms with van der Waals surface area (Å²) in [6.07, 6.45) is 0.860. The summed E-state index contributed by atoms with van der Waals surface area (Å²) in [4.78, 5) is 22.3. The zero-order valence-corrected chi connectivity index (χ0v) is 9.19. The molecule has 0 saturated carbocycles. The second-order valence-corrected chi connectivity index (χ2v) is 3.70. The molecule has 0 spiro atoms. The van der Waals surface area contributed by atoms with Crippen molar-refractivity contribution in [3.05, 3.63) is 28.2 Å². The SMILES string of the molecule is CC(CCN)CNC(=O)c1ccc(=O)[nH]n1. The van der Waals surface area contributed by atoms with Crippen LogP contribution >= 0.6 is 0 Å². The fourth-order valence-electron chi connectivity index (χ4n) is 1.22. The summed E-state index contributed by atoms with van der Waals surface area (Å²) >= 11 is 0.